The van der Waals surface area contributed by atoms with Crippen LogP contribution in [0.3, 0.4) is 0 Å². The molecule has 4 nitrogen and oxygen atoms in total. The first-order valence-corrected chi connectivity index (χ1v) is 5.57. The van der Waals surface area contributed by atoms with Gasteiger partial charge in [-0.3, -0.25) is 4.79 Å². The highest BCUT2D eigenvalue weighted by atomic mass is 32.1. The maximum atomic E-state index is 11.7. The van der Waals surface area contributed by atoms with Gasteiger partial charge in [-0.2, -0.15) is 0 Å². The topological polar surface area (TPSA) is 62.2 Å². The molecule has 0 spiro atoms. The molecular formula is C10H16N2O2S. The van der Waals surface area contributed by atoms with E-state index in [1.807, 2.05) is 6.92 Å². The Morgan fingerprint density at radius 1 is 1.67 bits per heavy atom. The summed E-state index contributed by atoms with van der Waals surface area (Å²) in [6.45, 7) is 7.06. The van der Waals surface area contributed by atoms with Gasteiger partial charge in [0.25, 0.3) is 5.91 Å². The van der Waals surface area contributed by atoms with E-state index in [-0.39, 0.29) is 5.91 Å². The minimum Gasteiger partial charge on any atom is -0.391 e. The lowest BCUT2D eigenvalue weighted by molar-refractivity contribution is 0.0712. The molecule has 0 fully saturated rings. The third-order valence-corrected chi connectivity index (χ3v) is 3.24. The molecule has 0 aliphatic heterocycles. The van der Waals surface area contributed by atoms with E-state index in [1.54, 1.807) is 27.0 Å². The fourth-order valence-electron chi connectivity index (χ4n) is 0.925. The number of carbonyl (C=O) groups excluding carboxylic acids is 1. The molecule has 0 bridgehead atoms. The molecule has 2 N–H and O–H groups in total. The van der Waals surface area contributed by atoms with Crippen LogP contribution in [0, 0.1) is 6.92 Å². The van der Waals surface area contributed by atoms with Crippen molar-refractivity contribution in [2.24, 2.45) is 0 Å². The lowest BCUT2D eigenvalue weighted by Crippen LogP contribution is -2.50. The zero-order valence-electron chi connectivity index (χ0n) is 9.37. The summed E-state index contributed by atoms with van der Waals surface area (Å²) < 4.78 is 0. The summed E-state index contributed by atoms with van der Waals surface area (Å²) in [5.41, 5.74) is -0.630. The normalized spacial score (nSPS) is 13.7. The number of aliphatic hydroxyl groups excluding tert-OH is 1. The van der Waals surface area contributed by atoms with Gasteiger partial charge in [0.2, 0.25) is 0 Å². The molecule has 1 heterocycles. The Bertz CT molecular complexity index is 358. The van der Waals surface area contributed by atoms with Gasteiger partial charge < -0.3 is 10.4 Å². The van der Waals surface area contributed by atoms with E-state index in [4.69, 9.17) is 0 Å². The minimum absolute atomic E-state index is 0.188. The number of aryl methyl sites for hydroxylation is 1. The van der Waals surface area contributed by atoms with Crippen LogP contribution in [-0.2, 0) is 0 Å². The highest BCUT2D eigenvalue weighted by Gasteiger charge is 2.27. The third-order valence-electron chi connectivity index (χ3n) is 2.33. The predicted molar refractivity (Wildman–Crippen MR) is 60.1 cm³/mol. The van der Waals surface area contributed by atoms with Gasteiger partial charge in [-0.15, -0.1) is 11.3 Å². The zero-order valence-corrected chi connectivity index (χ0v) is 10.2. The molecule has 1 aromatic rings. The van der Waals surface area contributed by atoms with Crippen LogP contribution in [0.1, 0.15) is 35.5 Å². The van der Waals surface area contributed by atoms with Crippen LogP contribution in [0.2, 0.25) is 0 Å². The molecule has 0 radical (unpaired) electrons. The van der Waals surface area contributed by atoms with E-state index < -0.39 is 11.6 Å². The molecule has 0 saturated heterocycles. The standard InChI is InChI=1S/C10H16N2O2S/c1-6(13)10(3,4)12-9(14)8-5-11-7(2)15-8/h5-6,13H,1-4H3,(H,12,14). The molecule has 15 heavy (non-hydrogen) atoms. The van der Waals surface area contributed by atoms with Crippen molar-refractivity contribution >= 4 is 17.2 Å². The van der Waals surface area contributed by atoms with Gasteiger partial charge in [0.05, 0.1) is 22.8 Å². The lowest BCUT2D eigenvalue weighted by atomic mass is 9.99. The molecular weight excluding hydrogens is 212 g/mol. The quantitative estimate of drug-likeness (QED) is 0.820. The van der Waals surface area contributed by atoms with Crippen LogP contribution in [0.4, 0.5) is 0 Å². The van der Waals surface area contributed by atoms with Crippen molar-refractivity contribution in [2.75, 3.05) is 0 Å². The number of nitrogens with one attached hydrogen (secondary N) is 1. The van der Waals surface area contributed by atoms with Gasteiger partial charge >= 0.3 is 0 Å². The second-order valence-corrected chi connectivity index (χ2v) is 5.33. The molecule has 1 atom stereocenters. The van der Waals surface area contributed by atoms with E-state index in [2.05, 4.69) is 10.3 Å². The van der Waals surface area contributed by atoms with Crippen molar-refractivity contribution < 1.29 is 9.90 Å². The van der Waals surface area contributed by atoms with E-state index in [1.165, 1.54) is 11.3 Å². The lowest BCUT2D eigenvalue weighted by Gasteiger charge is -2.28. The smallest absolute Gasteiger partial charge is 0.263 e. The Balaban J connectivity index is 2.72. The van der Waals surface area contributed by atoms with Crippen LogP contribution < -0.4 is 5.32 Å². The van der Waals surface area contributed by atoms with Gasteiger partial charge in [-0.25, -0.2) is 4.98 Å². The molecule has 0 aliphatic carbocycles. The Morgan fingerprint density at radius 3 is 2.67 bits per heavy atom. The summed E-state index contributed by atoms with van der Waals surface area (Å²) in [6, 6.07) is 0. The van der Waals surface area contributed by atoms with Crippen LogP contribution in [0.15, 0.2) is 6.20 Å². The van der Waals surface area contributed by atoms with E-state index in [9.17, 15) is 9.90 Å². The first-order valence-electron chi connectivity index (χ1n) is 4.76. The summed E-state index contributed by atoms with van der Waals surface area (Å²) in [4.78, 5) is 16.3. The maximum Gasteiger partial charge on any atom is 0.263 e. The molecule has 1 amide bonds. The number of hydrogen-bond acceptors (Lipinski definition) is 4. The number of thiazole rings is 1. The summed E-state index contributed by atoms with van der Waals surface area (Å²) in [5, 5.41) is 13.1. The Morgan fingerprint density at radius 2 is 2.27 bits per heavy atom. The van der Waals surface area contributed by atoms with Crippen LogP contribution in [-0.4, -0.2) is 27.6 Å². The van der Waals surface area contributed by atoms with E-state index in [0.29, 0.717) is 4.88 Å². The summed E-state index contributed by atoms with van der Waals surface area (Å²) >= 11 is 1.34. The first kappa shape index (κ1) is 12.1. The molecule has 0 aliphatic rings. The number of aromatic nitrogens is 1. The summed E-state index contributed by atoms with van der Waals surface area (Å²) in [6.07, 6.45) is 0.948. The van der Waals surface area contributed by atoms with Crippen molar-refractivity contribution in [3.63, 3.8) is 0 Å². The molecule has 0 aromatic carbocycles. The van der Waals surface area contributed by atoms with Crippen LogP contribution in [0.5, 0.6) is 0 Å². The first-order chi connectivity index (χ1) is 6.83. The van der Waals surface area contributed by atoms with E-state index >= 15 is 0 Å². The fraction of sp³-hybridized carbons (Fsp3) is 0.600. The molecule has 0 saturated carbocycles. The summed E-state index contributed by atoms with van der Waals surface area (Å²) in [5.74, 6) is -0.188. The van der Waals surface area contributed by atoms with Crippen LogP contribution in [0.25, 0.3) is 0 Å². The van der Waals surface area contributed by atoms with E-state index in [0.717, 1.165) is 5.01 Å². The predicted octanol–water partition coefficient (Wildman–Crippen LogP) is 1.34. The number of carbonyl (C=O) groups is 1. The summed E-state index contributed by atoms with van der Waals surface area (Å²) in [7, 11) is 0. The molecule has 84 valence electrons. The largest absolute Gasteiger partial charge is 0.391 e. The van der Waals surface area contributed by atoms with Crippen LogP contribution >= 0.6 is 11.3 Å². The Kier molecular flexibility index (Phi) is 3.46. The van der Waals surface area contributed by atoms with Gasteiger partial charge in [-0.1, -0.05) is 0 Å². The van der Waals surface area contributed by atoms with Gasteiger partial charge in [-0.05, 0) is 27.7 Å². The maximum absolute atomic E-state index is 11.7. The van der Waals surface area contributed by atoms with Crippen molar-refractivity contribution in [2.45, 2.75) is 39.3 Å². The molecule has 1 unspecified atom stereocenters. The Hall–Kier alpha value is -0.940. The van der Waals surface area contributed by atoms with Crippen molar-refractivity contribution in [3.8, 4) is 0 Å². The van der Waals surface area contributed by atoms with Gasteiger partial charge in [0, 0.05) is 0 Å². The van der Waals surface area contributed by atoms with Gasteiger partial charge in [0.15, 0.2) is 0 Å². The fourth-order valence-corrected chi connectivity index (χ4v) is 1.60. The SMILES string of the molecule is Cc1ncc(C(=O)NC(C)(C)C(C)O)s1. The van der Waals surface area contributed by atoms with Crippen molar-refractivity contribution in [1.29, 1.82) is 0 Å². The average molecular weight is 228 g/mol. The third kappa shape index (κ3) is 3.00. The van der Waals surface area contributed by atoms with Crippen molar-refractivity contribution in [3.05, 3.63) is 16.1 Å². The second-order valence-electron chi connectivity index (χ2n) is 4.10. The molecule has 1 aromatic heterocycles. The highest BCUT2D eigenvalue weighted by molar-refractivity contribution is 7.13. The second kappa shape index (κ2) is 4.28. The monoisotopic (exact) mass is 228 g/mol. The molecule has 1 rings (SSSR count). The molecule has 5 heteroatoms. The minimum atomic E-state index is -0.630. The zero-order chi connectivity index (χ0) is 11.6. The number of nitrogens with zero attached hydrogens (tertiary/aromatic N) is 1. The number of amides is 1. The van der Waals surface area contributed by atoms with Gasteiger partial charge in [0.1, 0.15) is 4.88 Å². The average Bonchev–Trinajstić information content (AvgIpc) is 2.50. The number of rotatable bonds is 3. The number of aliphatic hydroxyl groups is 1. The highest BCUT2D eigenvalue weighted by Crippen LogP contribution is 2.14. The van der Waals surface area contributed by atoms with Crippen molar-refractivity contribution in [1.82, 2.24) is 10.3 Å². The Labute approximate surface area is 93.4 Å². The number of hydrogen-bond donors (Lipinski definition) is 2.